The van der Waals surface area contributed by atoms with Crippen molar-refractivity contribution < 1.29 is 0 Å². The average molecular weight is 309 g/mol. The Morgan fingerprint density at radius 1 is 0.800 bits per heavy atom. The minimum Gasteiger partial charge on any atom is -0.318 e. The van der Waals surface area contributed by atoms with Crippen LogP contribution in [-0.2, 0) is 0 Å². The Morgan fingerprint density at radius 2 is 1.33 bits per heavy atom. The molecule has 0 unspecified atom stereocenters. The van der Waals surface area contributed by atoms with Gasteiger partial charge in [0.15, 0.2) is 0 Å². The molecule has 0 spiro atoms. The molecule has 0 aliphatic rings. The Kier molecular flexibility index (Phi) is 3.26. The van der Waals surface area contributed by atoms with Gasteiger partial charge in [0.25, 0.3) is 0 Å². The van der Waals surface area contributed by atoms with Crippen molar-refractivity contribution >= 4 is 28.6 Å². The summed E-state index contributed by atoms with van der Waals surface area (Å²) in [5.41, 5.74) is 3.74. The van der Waals surface area contributed by atoms with Crippen LogP contribution in [-0.4, -0.2) is 7.05 Å². The Morgan fingerprint density at radius 3 is 1.87 bits per heavy atom. The van der Waals surface area contributed by atoms with Crippen molar-refractivity contribution in [2.24, 2.45) is 0 Å². The lowest BCUT2D eigenvalue weighted by molar-refractivity contribution is 1.41. The van der Waals surface area contributed by atoms with Gasteiger partial charge in [0.1, 0.15) is 0 Å². The summed E-state index contributed by atoms with van der Waals surface area (Å²) in [4.78, 5) is 0. The number of benzene rings is 2. The summed E-state index contributed by atoms with van der Waals surface area (Å²) in [6.45, 7) is 0. The van der Waals surface area contributed by atoms with Gasteiger partial charge < -0.3 is 3.11 Å². The van der Waals surface area contributed by atoms with Crippen molar-refractivity contribution in [2.45, 2.75) is 0 Å². The summed E-state index contributed by atoms with van der Waals surface area (Å²) < 4.78 is 2.08. The number of rotatable bonds is 2. The highest BCUT2D eigenvalue weighted by Crippen LogP contribution is 2.23. The molecule has 0 N–H and O–H groups in total. The minimum atomic E-state index is 1.22. The van der Waals surface area contributed by atoms with Crippen LogP contribution in [0.2, 0.25) is 0 Å². The van der Waals surface area contributed by atoms with Gasteiger partial charge in [-0.15, -0.1) is 0 Å². The summed E-state index contributed by atoms with van der Waals surface area (Å²) in [6.07, 6.45) is 0. The molecule has 15 heavy (non-hydrogen) atoms. The average Bonchev–Trinajstić information content (AvgIpc) is 2.30. The summed E-state index contributed by atoms with van der Waals surface area (Å²) in [6, 6.07) is 19.0. The summed E-state index contributed by atoms with van der Waals surface area (Å²) >= 11 is 2.27. The van der Waals surface area contributed by atoms with Crippen molar-refractivity contribution in [1.82, 2.24) is 0 Å². The molecule has 1 nitrogen and oxygen atoms in total. The van der Waals surface area contributed by atoms with E-state index in [4.69, 9.17) is 0 Å². The van der Waals surface area contributed by atoms with Crippen LogP contribution in [0, 0.1) is 0 Å². The fourth-order valence-electron chi connectivity index (χ4n) is 1.49. The van der Waals surface area contributed by atoms with E-state index >= 15 is 0 Å². The van der Waals surface area contributed by atoms with E-state index in [2.05, 4.69) is 74.5 Å². The first-order chi connectivity index (χ1) is 7.27. The molecule has 0 radical (unpaired) electrons. The van der Waals surface area contributed by atoms with E-state index in [0.717, 1.165) is 0 Å². The van der Waals surface area contributed by atoms with Crippen LogP contribution in [0.3, 0.4) is 0 Å². The molecule has 0 atom stereocenters. The Balaban J connectivity index is 2.32. The number of hydrogen-bond acceptors (Lipinski definition) is 1. The molecule has 0 aliphatic carbocycles. The van der Waals surface area contributed by atoms with Gasteiger partial charge in [-0.3, -0.25) is 0 Å². The van der Waals surface area contributed by atoms with Gasteiger partial charge in [-0.05, 0) is 23.3 Å². The largest absolute Gasteiger partial charge is 0.318 e. The first kappa shape index (κ1) is 10.5. The predicted octanol–water partition coefficient (Wildman–Crippen LogP) is 4.14. The fraction of sp³-hybridized carbons (Fsp3) is 0.0769. The highest BCUT2D eigenvalue weighted by Gasteiger charge is 1.98. The van der Waals surface area contributed by atoms with Gasteiger partial charge in [-0.25, -0.2) is 0 Å². The summed E-state index contributed by atoms with van der Waals surface area (Å²) in [5, 5.41) is 0. The lowest BCUT2D eigenvalue weighted by Crippen LogP contribution is -1.98. The third-order valence-corrected chi connectivity index (χ3v) is 2.89. The van der Waals surface area contributed by atoms with E-state index in [-0.39, 0.29) is 0 Å². The highest BCUT2D eigenvalue weighted by molar-refractivity contribution is 14.1. The van der Waals surface area contributed by atoms with E-state index in [1.165, 1.54) is 16.8 Å². The number of hydrogen-bond donors (Lipinski definition) is 0. The topological polar surface area (TPSA) is 3.24 Å². The second-order valence-corrected chi connectivity index (χ2v) is 4.84. The molecule has 0 saturated carbocycles. The zero-order valence-corrected chi connectivity index (χ0v) is 10.7. The first-order valence-corrected chi connectivity index (χ1v) is 5.79. The second kappa shape index (κ2) is 4.66. The maximum atomic E-state index is 2.27. The molecule has 0 aliphatic heterocycles. The fourth-order valence-corrected chi connectivity index (χ4v) is 1.81. The maximum absolute atomic E-state index is 2.27. The number of nitrogens with zero attached hydrogens (tertiary/aromatic N) is 1. The third kappa shape index (κ3) is 2.50. The van der Waals surface area contributed by atoms with Crippen LogP contribution < -0.4 is 3.11 Å². The van der Waals surface area contributed by atoms with Gasteiger partial charge in [0, 0.05) is 12.7 Å². The molecular formula is C13H12IN. The van der Waals surface area contributed by atoms with Crippen molar-refractivity contribution in [3.63, 3.8) is 0 Å². The molecule has 0 bridgehead atoms. The molecule has 2 aromatic rings. The van der Waals surface area contributed by atoms with Gasteiger partial charge in [-0.2, -0.15) is 0 Å². The standard InChI is InChI=1S/C13H12IN/c1-15(14)13-9-7-12(8-10-13)11-5-3-2-4-6-11/h2-10H,1H3. The lowest BCUT2D eigenvalue weighted by atomic mass is 10.1. The monoisotopic (exact) mass is 309 g/mol. The van der Waals surface area contributed by atoms with Crippen LogP contribution in [0.25, 0.3) is 11.1 Å². The van der Waals surface area contributed by atoms with Crippen molar-refractivity contribution in [3.8, 4) is 11.1 Å². The molecule has 2 rings (SSSR count). The molecular weight excluding hydrogens is 297 g/mol. The molecule has 0 amide bonds. The number of halogens is 1. The van der Waals surface area contributed by atoms with Gasteiger partial charge in [0.05, 0.1) is 22.9 Å². The smallest absolute Gasteiger partial charge is 0.0588 e. The Hall–Kier alpha value is -1.03. The second-order valence-electron chi connectivity index (χ2n) is 3.39. The molecule has 2 heteroatoms. The van der Waals surface area contributed by atoms with E-state index in [1.807, 2.05) is 13.1 Å². The van der Waals surface area contributed by atoms with Crippen LogP contribution in [0.1, 0.15) is 0 Å². The molecule has 0 saturated heterocycles. The van der Waals surface area contributed by atoms with Crippen molar-refractivity contribution in [3.05, 3.63) is 54.6 Å². The minimum absolute atomic E-state index is 1.22. The van der Waals surface area contributed by atoms with Crippen LogP contribution >= 0.6 is 22.9 Å². The van der Waals surface area contributed by atoms with Crippen LogP contribution in [0.5, 0.6) is 0 Å². The van der Waals surface area contributed by atoms with Crippen LogP contribution in [0.4, 0.5) is 5.69 Å². The zero-order chi connectivity index (χ0) is 10.7. The SMILES string of the molecule is CN(I)c1ccc(-c2ccccc2)cc1. The van der Waals surface area contributed by atoms with Gasteiger partial charge in [-0.1, -0.05) is 42.5 Å². The Labute approximate surface area is 104 Å². The maximum Gasteiger partial charge on any atom is 0.0588 e. The first-order valence-electron chi connectivity index (χ1n) is 4.82. The lowest BCUT2D eigenvalue weighted by Gasteiger charge is -2.10. The van der Waals surface area contributed by atoms with E-state index in [1.54, 1.807) is 0 Å². The van der Waals surface area contributed by atoms with E-state index in [0.29, 0.717) is 0 Å². The Bertz CT molecular complexity index is 420. The zero-order valence-electron chi connectivity index (χ0n) is 8.52. The number of anilines is 1. The molecule has 2 aromatic carbocycles. The third-order valence-electron chi connectivity index (χ3n) is 2.33. The molecule has 0 fully saturated rings. The van der Waals surface area contributed by atoms with Gasteiger partial charge in [0.2, 0.25) is 0 Å². The molecule has 0 heterocycles. The molecule has 76 valence electrons. The quantitative estimate of drug-likeness (QED) is 0.595. The van der Waals surface area contributed by atoms with Gasteiger partial charge >= 0.3 is 0 Å². The normalized spacial score (nSPS) is 10.0. The van der Waals surface area contributed by atoms with Crippen LogP contribution in [0.15, 0.2) is 54.6 Å². The highest BCUT2D eigenvalue weighted by atomic mass is 127. The predicted molar refractivity (Wildman–Crippen MR) is 74.3 cm³/mol. The molecule has 0 aromatic heterocycles. The van der Waals surface area contributed by atoms with E-state index in [9.17, 15) is 0 Å². The van der Waals surface area contributed by atoms with Crippen molar-refractivity contribution in [1.29, 1.82) is 0 Å². The van der Waals surface area contributed by atoms with E-state index < -0.39 is 0 Å². The van der Waals surface area contributed by atoms with Crippen molar-refractivity contribution in [2.75, 3.05) is 10.2 Å². The summed E-state index contributed by atoms with van der Waals surface area (Å²) in [5.74, 6) is 0. The summed E-state index contributed by atoms with van der Waals surface area (Å²) in [7, 11) is 2.04.